The van der Waals surface area contributed by atoms with Gasteiger partial charge in [-0.15, -0.1) is 0 Å². The Kier molecular flexibility index (Phi) is 3.87. The molecule has 0 N–H and O–H groups in total. The van der Waals surface area contributed by atoms with Crippen LogP contribution in [0.25, 0.3) is 22.2 Å². The first-order chi connectivity index (χ1) is 12.2. The van der Waals surface area contributed by atoms with Crippen molar-refractivity contribution in [1.29, 1.82) is 0 Å². The largest absolute Gasteiger partial charge is 0.289 e. The fourth-order valence-corrected chi connectivity index (χ4v) is 2.98. The number of carbonyl (C=O) groups is 1. The summed E-state index contributed by atoms with van der Waals surface area (Å²) in [7, 11) is 0. The summed E-state index contributed by atoms with van der Waals surface area (Å²) in [6.07, 6.45) is 0. The van der Waals surface area contributed by atoms with Crippen LogP contribution < -0.4 is 0 Å². The summed E-state index contributed by atoms with van der Waals surface area (Å²) in [6, 6.07) is 27.4. The van der Waals surface area contributed by atoms with Gasteiger partial charge in [0.05, 0.1) is 11.2 Å². The van der Waals surface area contributed by atoms with Crippen LogP contribution in [0.2, 0.25) is 0 Å². The van der Waals surface area contributed by atoms with Crippen LogP contribution in [0.3, 0.4) is 0 Å². The second kappa shape index (κ2) is 6.33. The molecule has 0 saturated carbocycles. The minimum atomic E-state index is 0.0239. The van der Waals surface area contributed by atoms with Gasteiger partial charge in [-0.2, -0.15) is 0 Å². The van der Waals surface area contributed by atoms with Gasteiger partial charge < -0.3 is 0 Å². The second-order valence-corrected chi connectivity index (χ2v) is 6.13. The third-order valence-electron chi connectivity index (χ3n) is 4.34. The highest BCUT2D eigenvalue weighted by atomic mass is 16.1. The van der Waals surface area contributed by atoms with Gasteiger partial charge in [0.15, 0.2) is 5.78 Å². The van der Waals surface area contributed by atoms with E-state index in [2.05, 4.69) is 0 Å². The average molecular weight is 323 g/mol. The molecule has 0 aliphatic rings. The van der Waals surface area contributed by atoms with Gasteiger partial charge >= 0.3 is 0 Å². The second-order valence-electron chi connectivity index (χ2n) is 6.13. The van der Waals surface area contributed by atoms with Crippen LogP contribution in [0.15, 0.2) is 84.9 Å². The van der Waals surface area contributed by atoms with Gasteiger partial charge in [0.2, 0.25) is 0 Å². The van der Waals surface area contributed by atoms with Gasteiger partial charge in [0, 0.05) is 22.1 Å². The number of hydrogen-bond acceptors (Lipinski definition) is 2. The highest BCUT2D eigenvalue weighted by Crippen LogP contribution is 2.26. The molecule has 3 aromatic carbocycles. The Bertz CT molecular complexity index is 1050. The Morgan fingerprint density at radius 3 is 2.24 bits per heavy atom. The SMILES string of the molecule is Cc1ccc(C(=O)c2cc(-c3ccccc3)nc3ccccc23)cc1. The minimum Gasteiger partial charge on any atom is -0.289 e. The summed E-state index contributed by atoms with van der Waals surface area (Å²) in [5.74, 6) is 0.0239. The molecule has 0 spiro atoms. The molecule has 25 heavy (non-hydrogen) atoms. The first kappa shape index (κ1) is 15.3. The monoisotopic (exact) mass is 323 g/mol. The Morgan fingerprint density at radius 1 is 0.800 bits per heavy atom. The molecular formula is C23H17NO. The van der Waals surface area contributed by atoms with Crippen LogP contribution in [-0.2, 0) is 0 Å². The summed E-state index contributed by atoms with van der Waals surface area (Å²) in [6.45, 7) is 2.02. The lowest BCUT2D eigenvalue weighted by Crippen LogP contribution is -2.04. The summed E-state index contributed by atoms with van der Waals surface area (Å²) in [5.41, 5.74) is 5.18. The molecule has 0 amide bonds. The average Bonchev–Trinajstić information content (AvgIpc) is 2.68. The predicted molar refractivity (Wildman–Crippen MR) is 102 cm³/mol. The molecule has 0 aliphatic heterocycles. The number of ketones is 1. The summed E-state index contributed by atoms with van der Waals surface area (Å²) >= 11 is 0. The van der Waals surface area contributed by atoms with E-state index < -0.39 is 0 Å². The number of benzene rings is 3. The Labute approximate surface area is 146 Å². The molecule has 1 heterocycles. The van der Waals surface area contributed by atoms with Gasteiger partial charge in [0.25, 0.3) is 0 Å². The van der Waals surface area contributed by atoms with Gasteiger partial charge in [-0.25, -0.2) is 4.98 Å². The van der Waals surface area contributed by atoms with E-state index in [9.17, 15) is 4.79 Å². The number of aryl methyl sites for hydroxylation is 1. The molecule has 0 saturated heterocycles. The third kappa shape index (κ3) is 2.94. The quantitative estimate of drug-likeness (QED) is 0.470. The fraction of sp³-hybridized carbons (Fsp3) is 0.0435. The maximum atomic E-state index is 13.1. The molecule has 120 valence electrons. The number of fused-ring (bicyclic) bond motifs is 1. The molecule has 0 bridgehead atoms. The van der Waals surface area contributed by atoms with E-state index in [0.717, 1.165) is 27.7 Å². The Morgan fingerprint density at radius 2 is 1.48 bits per heavy atom. The van der Waals surface area contributed by atoms with Crippen molar-refractivity contribution >= 4 is 16.7 Å². The minimum absolute atomic E-state index is 0.0239. The standard InChI is InChI=1S/C23H17NO/c1-16-11-13-18(14-12-16)23(25)20-15-22(17-7-3-2-4-8-17)24-21-10-6-5-9-19(20)21/h2-15H,1H3. The lowest BCUT2D eigenvalue weighted by molar-refractivity contribution is 0.104. The lowest BCUT2D eigenvalue weighted by Gasteiger charge is -2.10. The van der Waals surface area contributed by atoms with E-state index in [4.69, 9.17) is 4.98 Å². The highest BCUT2D eigenvalue weighted by molar-refractivity contribution is 6.16. The maximum Gasteiger partial charge on any atom is 0.193 e. The summed E-state index contributed by atoms with van der Waals surface area (Å²) < 4.78 is 0. The Hall–Kier alpha value is -3.26. The van der Waals surface area contributed by atoms with Gasteiger partial charge in [-0.3, -0.25) is 4.79 Å². The van der Waals surface area contributed by atoms with Crippen LogP contribution in [0.1, 0.15) is 21.5 Å². The van der Waals surface area contributed by atoms with Crippen molar-refractivity contribution in [3.05, 3.63) is 102 Å². The zero-order valence-corrected chi connectivity index (χ0v) is 13.9. The molecule has 0 radical (unpaired) electrons. The van der Waals surface area contributed by atoms with Crippen molar-refractivity contribution in [3.63, 3.8) is 0 Å². The molecule has 0 atom stereocenters. The smallest absolute Gasteiger partial charge is 0.193 e. The van der Waals surface area contributed by atoms with E-state index in [0.29, 0.717) is 11.1 Å². The molecule has 4 rings (SSSR count). The van der Waals surface area contributed by atoms with Crippen LogP contribution in [0.5, 0.6) is 0 Å². The van der Waals surface area contributed by atoms with E-state index in [1.54, 1.807) is 0 Å². The first-order valence-electron chi connectivity index (χ1n) is 8.29. The molecule has 2 heteroatoms. The number of pyridine rings is 1. The van der Waals surface area contributed by atoms with Crippen molar-refractivity contribution < 1.29 is 4.79 Å². The van der Waals surface area contributed by atoms with E-state index >= 15 is 0 Å². The molecule has 0 aliphatic carbocycles. The summed E-state index contributed by atoms with van der Waals surface area (Å²) in [4.78, 5) is 17.9. The van der Waals surface area contributed by atoms with Gasteiger partial charge in [-0.1, -0.05) is 78.4 Å². The zero-order valence-electron chi connectivity index (χ0n) is 13.9. The molecule has 0 fully saturated rings. The molecule has 1 aromatic heterocycles. The number of rotatable bonds is 3. The fourth-order valence-electron chi connectivity index (χ4n) is 2.98. The summed E-state index contributed by atoms with van der Waals surface area (Å²) in [5, 5.41) is 0.882. The molecular weight excluding hydrogens is 306 g/mol. The number of nitrogens with zero attached hydrogens (tertiary/aromatic N) is 1. The van der Waals surface area contributed by atoms with E-state index in [1.807, 2.05) is 91.9 Å². The van der Waals surface area contributed by atoms with Crippen LogP contribution in [-0.4, -0.2) is 10.8 Å². The topological polar surface area (TPSA) is 30.0 Å². The Balaban J connectivity index is 1.92. The highest BCUT2D eigenvalue weighted by Gasteiger charge is 2.15. The van der Waals surface area contributed by atoms with Gasteiger partial charge in [-0.05, 0) is 19.1 Å². The maximum absolute atomic E-state index is 13.1. The van der Waals surface area contributed by atoms with Crippen molar-refractivity contribution in [2.45, 2.75) is 6.92 Å². The van der Waals surface area contributed by atoms with Crippen LogP contribution in [0.4, 0.5) is 0 Å². The third-order valence-corrected chi connectivity index (χ3v) is 4.34. The zero-order chi connectivity index (χ0) is 17.2. The van der Waals surface area contributed by atoms with Crippen LogP contribution >= 0.6 is 0 Å². The molecule has 0 unspecified atom stereocenters. The normalized spacial score (nSPS) is 10.8. The van der Waals surface area contributed by atoms with Crippen molar-refractivity contribution in [1.82, 2.24) is 4.98 Å². The number of aromatic nitrogens is 1. The molecule has 4 aromatic rings. The van der Waals surface area contributed by atoms with E-state index in [-0.39, 0.29) is 5.78 Å². The van der Waals surface area contributed by atoms with Gasteiger partial charge in [0.1, 0.15) is 0 Å². The number of para-hydroxylation sites is 1. The van der Waals surface area contributed by atoms with Crippen molar-refractivity contribution in [3.8, 4) is 11.3 Å². The lowest BCUT2D eigenvalue weighted by atomic mass is 9.97. The van der Waals surface area contributed by atoms with E-state index in [1.165, 1.54) is 0 Å². The number of hydrogen-bond donors (Lipinski definition) is 0. The number of carbonyl (C=O) groups excluding carboxylic acids is 1. The molecule has 2 nitrogen and oxygen atoms in total. The van der Waals surface area contributed by atoms with Crippen LogP contribution in [0, 0.1) is 6.92 Å². The predicted octanol–water partition coefficient (Wildman–Crippen LogP) is 5.44. The van der Waals surface area contributed by atoms with Crippen molar-refractivity contribution in [2.24, 2.45) is 0 Å². The first-order valence-corrected chi connectivity index (χ1v) is 8.29. The van der Waals surface area contributed by atoms with Crippen molar-refractivity contribution in [2.75, 3.05) is 0 Å².